The molecular formula is C18H15Cl2N3OS. The van der Waals surface area contributed by atoms with Gasteiger partial charge >= 0.3 is 0 Å². The first-order chi connectivity index (χ1) is 12.0. The van der Waals surface area contributed by atoms with Gasteiger partial charge in [-0.1, -0.05) is 53.2 Å². The lowest BCUT2D eigenvalue weighted by Crippen LogP contribution is -2.14. The van der Waals surface area contributed by atoms with Crippen molar-refractivity contribution in [2.24, 2.45) is 0 Å². The summed E-state index contributed by atoms with van der Waals surface area (Å²) in [6.07, 6.45) is 3.60. The maximum atomic E-state index is 12.2. The highest BCUT2D eigenvalue weighted by Gasteiger charge is 2.11. The Morgan fingerprint density at radius 2 is 2.04 bits per heavy atom. The standard InChI is InChI=1S/C18H15Cl2N3OS/c1-12-4-2-5-13(10-12)23-9-8-21-18(23)25-11-16(24)22-15-7-3-6-14(19)17(15)20/h2-10H,11H2,1H3,(H,22,24). The normalized spacial score (nSPS) is 10.7. The Balaban J connectivity index is 1.67. The minimum absolute atomic E-state index is 0.173. The molecule has 7 heteroatoms. The molecule has 0 bridgehead atoms. The molecule has 128 valence electrons. The number of aryl methyl sites for hydroxylation is 1. The van der Waals surface area contributed by atoms with Gasteiger partial charge in [-0.2, -0.15) is 0 Å². The van der Waals surface area contributed by atoms with Crippen LogP contribution in [0, 0.1) is 6.92 Å². The van der Waals surface area contributed by atoms with E-state index in [0.29, 0.717) is 15.7 Å². The monoisotopic (exact) mass is 391 g/mol. The molecule has 0 unspecified atom stereocenters. The molecule has 0 aliphatic heterocycles. The SMILES string of the molecule is Cc1cccc(-n2ccnc2SCC(=O)Nc2cccc(Cl)c2Cl)c1. The molecule has 0 aliphatic carbocycles. The summed E-state index contributed by atoms with van der Waals surface area (Å²) in [6, 6.07) is 13.2. The molecule has 3 rings (SSSR count). The Labute approximate surface area is 160 Å². The van der Waals surface area contributed by atoms with E-state index in [1.54, 1.807) is 24.4 Å². The van der Waals surface area contributed by atoms with Crippen LogP contribution in [-0.2, 0) is 4.79 Å². The van der Waals surface area contributed by atoms with Gasteiger partial charge in [-0.05, 0) is 36.8 Å². The summed E-state index contributed by atoms with van der Waals surface area (Å²) < 4.78 is 1.96. The van der Waals surface area contributed by atoms with Crippen molar-refractivity contribution in [1.29, 1.82) is 0 Å². The minimum Gasteiger partial charge on any atom is -0.324 e. The number of anilines is 1. The third-order valence-corrected chi connectivity index (χ3v) is 5.23. The second kappa shape index (κ2) is 7.95. The van der Waals surface area contributed by atoms with Gasteiger partial charge in [0.25, 0.3) is 0 Å². The summed E-state index contributed by atoms with van der Waals surface area (Å²) >= 11 is 13.4. The van der Waals surface area contributed by atoms with Gasteiger partial charge in [0.05, 0.1) is 21.5 Å². The van der Waals surface area contributed by atoms with Gasteiger partial charge in [-0.15, -0.1) is 0 Å². The predicted octanol–water partition coefficient (Wildman–Crippen LogP) is 5.22. The number of aromatic nitrogens is 2. The summed E-state index contributed by atoms with van der Waals surface area (Å²) in [5, 5.41) is 4.26. The summed E-state index contributed by atoms with van der Waals surface area (Å²) in [6.45, 7) is 2.04. The van der Waals surface area contributed by atoms with Crippen molar-refractivity contribution in [3.05, 3.63) is 70.5 Å². The summed E-state index contributed by atoms with van der Waals surface area (Å²) in [4.78, 5) is 16.5. The number of thioether (sulfide) groups is 1. The van der Waals surface area contributed by atoms with Gasteiger partial charge in [0.15, 0.2) is 5.16 Å². The Morgan fingerprint density at radius 1 is 1.24 bits per heavy atom. The van der Waals surface area contributed by atoms with Crippen molar-refractivity contribution in [1.82, 2.24) is 9.55 Å². The van der Waals surface area contributed by atoms with Crippen LogP contribution in [0.3, 0.4) is 0 Å². The molecule has 1 aromatic heterocycles. The van der Waals surface area contributed by atoms with Crippen LogP contribution in [0.1, 0.15) is 5.56 Å². The molecule has 2 aromatic carbocycles. The lowest BCUT2D eigenvalue weighted by Gasteiger charge is -2.10. The molecule has 3 aromatic rings. The van der Waals surface area contributed by atoms with Gasteiger partial charge in [0.2, 0.25) is 5.91 Å². The minimum atomic E-state index is -0.173. The molecule has 0 atom stereocenters. The molecule has 4 nitrogen and oxygen atoms in total. The van der Waals surface area contributed by atoms with Crippen LogP contribution in [0.4, 0.5) is 5.69 Å². The summed E-state index contributed by atoms with van der Waals surface area (Å²) in [7, 11) is 0. The first-order valence-electron chi connectivity index (χ1n) is 7.51. The number of hydrogen-bond donors (Lipinski definition) is 1. The van der Waals surface area contributed by atoms with Gasteiger partial charge in [0, 0.05) is 18.1 Å². The number of nitrogens with zero attached hydrogens (tertiary/aromatic N) is 2. The van der Waals surface area contributed by atoms with Crippen LogP contribution >= 0.6 is 35.0 Å². The van der Waals surface area contributed by atoms with Crippen molar-refractivity contribution in [3.63, 3.8) is 0 Å². The summed E-state index contributed by atoms with van der Waals surface area (Å²) in [5.74, 6) is 0.0408. The fraction of sp³-hybridized carbons (Fsp3) is 0.111. The quantitative estimate of drug-likeness (QED) is 0.606. The molecule has 0 fully saturated rings. The fourth-order valence-corrected chi connectivity index (χ4v) is 3.41. The molecule has 25 heavy (non-hydrogen) atoms. The predicted molar refractivity (Wildman–Crippen MR) is 104 cm³/mol. The number of rotatable bonds is 5. The lowest BCUT2D eigenvalue weighted by molar-refractivity contribution is -0.113. The van der Waals surface area contributed by atoms with Crippen LogP contribution < -0.4 is 5.32 Å². The van der Waals surface area contributed by atoms with Crippen LogP contribution in [-0.4, -0.2) is 21.2 Å². The number of benzene rings is 2. The maximum absolute atomic E-state index is 12.2. The molecule has 0 saturated carbocycles. The Morgan fingerprint density at radius 3 is 2.84 bits per heavy atom. The van der Waals surface area contributed by atoms with Gasteiger partial charge in [-0.3, -0.25) is 9.36 Å². The van der Waals surface area contributed by atoms with E-state index in [0.717, 1.165) is 16.4 Å². The first kappa shape index (κ1) is 17.9. The second-order valence-electron chi connectivity index (χ2n) is 5.36. The van der Waals surface area contributed by atoms with E-state index in [4.69, 9.17) is 23.2 Å². The molecule has 0 radical (unpaired) electrons. The first-order valence-corrected chi connectivity index (χ1v) is 9.26. The number of carbonyl (C=O) groups is 1. The second-order valence-corrected chi connectivity index (χ2v) is 7.08. The van der Waals surface area contributed by atoms with E-state index >= 15 is 0 Å². The van der Waals surface area contributed by atoms with Crippen molar-refractivity contribution in [2.45, 2.75) is 12.1 Å². The van der Waals surface area contributed by atoms with E-state index < -0.39 is 0 Å². The van der Waals surface area contributed by atoms with Crippen molar-refractivity contribution in [3.8, 4) is 5.69 Å². The third kappa shape index (κ3) is 4.37. The zero-order valence-corrected chi connectivity index (χ0v) is 15.7. The maximum Gasteiger partial charge on any atom is 0.234 e. The summed E-state index contributed by atoms with van der Waals surface area (Å²) in [5.41, 5.74) is 2.68. The highest BCUT2D eigenvalue weighted by molar-refractivity contribution is 7.99. The van der Waals surface area contributed by atoms with Crippen molar-refractivity contribution in [2.75, 3.05) is 11.1 Å². The highest BCUT2D eigenvalue weighted by Crippen LogP contribution is 2.30. The number of halogens is 2. The Bertz CT molecular complexity index is 911. The van der Waals surface area contributed by atoms with Crippen molar-refractivity contribution >= 4 is 46.6 Å². The molecule has 1 N–H and O–H groups in total. The van der Waals surface area contributed by atoms with Crippen LogP contribution in [0.5, 0.6) is 0 Å². The van der Waals surface area contributed by atoms with Crippen LogP contribution in [0.2, 0.25) is 10.0 Å². The largest absolute Gasteiger partial charge is 0.324 e. The number of nitrogens with one attached hydrogen (secondary N) is 1. The zero-order chi connectivity index (χ0) is 17.8. The third-order valence-electron chi connectivity index (χ3n) is 3.44. The zero-order valence-electron chi connectivity index (χ0n) is 13.4. The Hall–Kier alpha value is -1.95. The average Bonchev–Trinajstić information content (AvgIpc) is 3.06. The van der Waals surface area contributed by atoms with E-state index in [1.165, 1.54) is 11.8 Å². The Kier molecular flexibility index (Phi) is 5.68. The average molecular weight is 392 g/mol. The molecule has 0 saturated heterocycles. The highest BCUT2D eigenvalue weighted by atomic mass is 35.5. The van der Waals surface area contributed by atoms with E-state index in [-0.39, 0.29) is 11.7 Å². The molecule has 0 spiro atoms. The van der Waals surface area contributed by atoms with Gasteiger partial charge in [-0.25, -0.2) is 4.98 Å². The lowest BCUT2D eigenvalue weighted by atomic mass is 10.2. The number of imidazole rings is 1. The van der Waals surface area contributed by atoms with E-state index in [9.17, 15) is 4.79 Å². The van der Waals surface area contributed by atoms with Crippen molar-refractivity contribution < 1.29 is 4.79 Å². The topological polar surface area (TPSA) is 46.9 Å². The van der Waals surface area contributed by atoms with Crippen LogP contribution in [0.25, 0.3) is 5.69 Å². The number of hydrogen-bond acceptors (Lipinski definition) is 3. The van der Waals surface area contributed by atoms with Crippen LogP contribution in [0.15, 0.2) is 60.0 Å². The molecule has 1 amide bonds. The molecule has 1 heterocycles. The molecular weight excluding hydrogens is 377 g/mol. The number of carbonyl (C=O) groups excluding carboxylic acids is 1. The number of amides is 1. The van der Waals surface area contributed by atoms with Gasteiger partial charge in [0.1, 0.15) is 0 Å². The fourth-order valence-electron chi connectivity index (χ4n) is 2.29. The van der Waals surface area contributed by atoms with Gasteiger partial charge < -0.3 is 5.32 Å². The smallest absolute Gasteiger partial charge is 0.234 e. The molecule has 0 aliphatic rings. The van der Waals surface area contributed by atoms with E-state index in [2.05, 4.69) is 16.4 Å². The van der Waals surface area contributed by atoms with E-state index in [1.807, 2.05) is 35.9 Å².